The predicted octanol–water partition coefficient (Wildman–Crippen LogP) is 3.57. The SMILES string of the molecule is CCC(C)N(C)c1cc(C)c(F)cc1C(C)=O. The molecular formula is C14H20FNO. The van der Waals surface area contributed by atoms with Gasteiger partial charge in [0.2, 0.25) is 0 Å². The highest BCUT2D eigenvalue weighted by Crippen LogP contribution is 2.26. The van der Waals surface area contributed by atoms with E-state index in [0.29, 0.717) is 17.2 Å². The lowest BCUT2D eigenvalue weighted by atomic mass is 10.0. The fourth-order valence-corrected chi connectivity index (χ4v) is 1.75. The lowest BCUT2D eigenvalue weighted by molar-refractivity contribution is 0.101. The number of aryl methyl sites for hydroxylation is 1. The van der Waals surface area contributed by atoms with Crippen molar-refractivity contribution >= 4 is 11.5 Å². The summed E-state index contributed by atoms with van der Waals surface area (Å²) in [5, 5.41) is 0. The summed E-state index contributed by atoms with van der Waals surface area (Å²) >= 11 is 0. The quantitative estimate of drug-likeness (QED) is 0.746. The van der Waals surface area contributed by atoms with Crippen LogP contribution in [0.3, 0.4) is 0 Å². The highest BCUT2D eigenvalue weighted by Gasteiger charge is 2.17. The number of ketones is 1. The van der Waals surface area contributed by atoms with E-state index >= 15 is 0 Å². The largest absolute Gasteiger partial charge is 0.371 e. The Morgan fingerprint density at radius 2 is 2.06 bits per heavy atom. The Morgan fingerprint density at radius 3 is 2.53 bits per heavy atom. The summed E-state index contributed by atoms with van der Waals surface area (Å²) in [7, 11) is 1.94. The number of hydrogen-bond donors (Lipinski definition) is 0. The van der Waals surface area contributed by atoms with Gasteiger partial charge in [0.15, 0.2) is 5.78 Å². The van der Waals surface area contributed by atoms with Crippen LogP contribution < -0.4 is 4.90 Å². The zero-order chi connectivity index (χ0) is 13.2. The molecule has 0 heterocycles. The number of hydrogen-bond acceptors (Lipinski definition) is 2. The molecule has 0 aliphatic rings. The van der Waals surface area contributed by atoms with E-state index in [9.17, 15) is 9.18 Å². The van der Waals surface area contributed by atoms with Crippen LogP contribution in [0, 0.1) is 12.7 Å². The van der Waals surface area contributed by atoms with Crippen molar-refractivity contribution in [1.29, 1.82) is 0 Å². The van der Waals surface area contributed by atoms with Crippen molar-refractivity contribution < 1.29 is 9.18 Å². The second kappa shape index (κ2) is 5.30. The summed E-state index contributed by atoms with van der Waals surface area (Å²) in [5.74, 6) is -0.425. The maximum absolute atomic E-state index is 13.5. The van der Waals surface area contributed by atoms with Gasteiger partial charge in [-0.15, -0.1) is 0 Å². The molecule has 0 N–H and O–H groups in total. The smallest absolute Gasteiger partial charge is 0.161 e. The van der Waals surface area contributed by atoms with E-state index in [0.717, 1.165) is 12.1 Å². The molecule has 1 aromatic carbocycles. The van der Waals surface area contributed by atoms with Crippen LogP contribution in [0.5, 0.6) is 0 Å². The molecule has 17 heavy (non-hydrogen) atoms. The number of carbonyl (C=O) groups is 1. The van der Waals surface area contributed by atoms with Gasteiger partial charge in [-0.05, 0) is 44.9 Å². The maximum Gasteiger partial charge on any atom is 0.161 e. The van der Waals surface area contributed by atoms with E-state index in [2.05, 4.69) is 13.8 Å². The molecular weight excluding hydrogens is 217 g/mol. The van der Waals surface area contributed by atoms with E-state index in [1.165, 1.54) is 13.0 Å². The third-order valence-electron chi connectivity index (χ3n) is 3.29. The summed E-state index contributed by atoms with van der Waals surface area (Å²) in [6, 6.07) is 3.40. The summed E-state index contributed by atoms with van der Waals surface area (Å²) in [6.07, 6.45) is 0.976. The van der Waals surface area contributed by atoms with Gasteiger partial charge in [0.1, 0.15) is 5.82 Å². The Kier molecular flexibility index (Phi) is 4.27. The number of anilines is 1. The van der Waals surface area contributed by atoms with E-state index in [-0.39, 0.29) is 11.6 Å². The van der Waals surface area contributed by atoms with E-state index < -0.39 is 0 Å². The molecule has 0 aromatic heterocycles. The molecule has 0 saturated carbocycles. The monoisotopic (exact) mass is 237 g/mol. The van der Waals surface area contributed by atoms with Crippen LogP contribution in [-0.4, -0.2) is 18.9 Å². The van der Waals surface area contributed by atoms with E-state index in [4.69, 9.17) is 0 Å². The topological polar surface area (TPSA) is 20.3 Å². The zero-order valence-electron chi connectivity index (χ0n) is 11.2. The van der Waals surface area contributed by atoms with Crippen LogP contribution in [0.25, 0.3) is 0 Å². The molecule has 0 spiro atoms. The number of nitrogens with zero attached hydrogens (tertiary/aromatic N) is 1. The number of halogens is 1. The van der Waals surface area contributed by atoms with Crippen molar-refractivity contribution in [3.63, 3.8) is 0 Å². The fraction of sp³-hybridized carbons (Fsp3) is 0.500. The molecule has 0 amide bonds. The lowest BCUT2D eigenvalue weighted by Gasteiger charge is -2.28. The molecule has 0 bridgehead atoms. The number of benzene rings is 1. The van der Waals surface area contributed by atoms with Gasteiger partial charge in [-0.25, -0.2) is 4.39 Å². The van der Waals surface area contributed by atoms with Gasteiger partial charge < -0.3 is 4.90 Å². The highest BCUT2D eigenvalue weighted by atomic mass is 19.1. The molecule has 1 unspecified atom stereocenters. The van der Waals surface area contributed by atoms with Crippen molar-refractivity contribution in [3.8, 4) is 0 Å². The molecule has 3 heteroatoms. The Morgan fingerprint density at radius 1 is 1.47 bits per heavy atom. The second-order valence-corrected chi connectivity index (χ2v) is 4.54. The molecule has 0 radical (unpaired) electrons. The first-order valence-corrected chi connectivity index (χ1v) is 5.92. The number of carbonyl (C=O) groups excluding carboxylic acids is 1. The van der Waals surface area contributed by atoms with Crippen molar-refractivity contribution in [2.24, 2.45) is 0 Å². The van der Waals surface area contributed by atoms with Crippen LogP contribution in [0.15, 0.2) is 12.1 Å². The fourth-order valence-electron chi connectivity index (χ4n) is 1.75. The van der Waals surface area contributed by atoms with E-state index in [1.807, 2.05) is 11.9 Å². The van der Waals surface area contributed by atoms with Gasteiger partial charge in [-0.2, -0.15) is 0 Å². The molecule has 94 valence electrons. The van der Waals surface area contributed by atoms with Gasteiger partial charge >= 0.3 is 0 Å². The maximum atomic E-state index is 13.5. The minimum absolute atomic E-state index is 0.103. The van der Waals surface area contributed by atoms with Gasteiger partial charge in [-0.1, -0.05) is 6.92 Å². The van der Waals surface area contributed by atoms with Crippen molar-refractivity contribution in [1.82, 2.24) is 0 Å². The number of Topliss-reactive ketones (excluding diaryl/α,β-unsaturated/α-hetero) is 1. The minimum atomic E-state index is -0.323. The molecule has 1 rings (SSSR count). The van der Waals surface area contributed by atoms with Gasteiger partial charge in [-0.3, -0.25) is 4.79 Å². The summed E-state index contributed by atoms with van der Waals surface area (Å²) in [4.78, 5) is 13.6. The van der Waals surface area contributed by atoms with Gasteiger partial charge in [0.25, 0.3) is 0 Å². The van der Waals surface area contributed by atoms with Crippen LogP contribution in [0.2, 0.25) is 0 Å². The lowest BCUT2D eigenvalue weighted by Crippen LogP contribution is -2.29. The molecule has 1 atom stereocenters. The zero-order valence-corrected chi connectivity index (χ0v) is 11.2. The van der Waals surface area contributed by atoms with Gasteiger partial charge in [0, 0.05) is 24.3 Å². The molecule has 1 aromatic rings. The predicted molar refractivity (Wildman–Crippen MR) is 69.3 cm³/mol. The Balaban J connectivity index is 3.30. The first kappa shape index (κ1) is 13.7. The average Bonchev–Trinajstić information content (AvgIpc) is 2.29. The first-order chi connectivity index (χ1) is 7.88. The molecule has 2 nitrogen and oxygen atoms in total. The number of rotatable bonds is 4. The van der Waals surface area contributed by atoms with Crippen LogP contribution in [0.4, 0.5) is 10.1 Å². The summed E-state index contributed by atoms with van der Waals surface area (Å²) in [5.41, 5.74) is 1.84. The molecule has 0 aliphatic heterocycles. The van der Waals surface area contributed by atoms with Crippen molar-refractivity contribution in [2.75, 3.05) is 11.9 Å². The Hall–Kier alpha value is -1.38. The summed E-state index contributed by atoms with van der Waals surface area (Å²) in [6.45, 7) is 7.36. The second-order valence-electron chi connectivity index (χ2n) is 4.54. The average molecular weight is 237 g/mol. The molecule has 0 fully saturated rings. The summed E-state index contributed by atoms with van der Waals surface area (Å²) < 4.78 is 13.5. The molecule has 0 aliphatic carbocycles. The van der Waals surface area contributed by atoms with Crippen molar-refractivity contribution in [2.45, 2.75) is 40.2 Å². The van der Waals surface area contributed by atoms with Gasteiger partial charge in [0.05, 0.1) is 0 Å². The third-order valence-corrected chi connectivity index (χ3v) is 3.29. The highest BCUT2D eigenvalue weighted by molar-refractivity contribution is 5.99. The Bertz CT molecular complexity index is 428. The van der Waals surface area contributed by atoms with Crippen LogP contribution in [0.1, 0.15) is 43.1 Å². The van der Waals surface area contributed by atoms with Crippen molar-refractivity contribution in [3.05, 3.63) is 29.1 Å². The molecule has 0 saturated heterocycles. The van der Waals surface area contributed by atoms with E-state index in [1.54, 1.807) is 13.0 Å². The third kappa shape index (κ3) is 2.84. The van der Waals surface area contributed by atoms with Crippen LogP contribution in [-0.2, 0) is 0 Å². The first-order valence-electron chi connectivity index (χ1n) is 5.92. The minimum Gasteiger partial charge on any atom is -0.371 e. The standard InChI is InChI=1S/C14H20FNO/c1-6-10(3)16(5)14-7-9(2)13(15)8-12(14)11(4)17/h7-8,10H,6H2,1-5H3. The van der Waals surface area contributed by atoms with Crippen LogP contribution >= 0.6 is 0 Å². The normalized spacial score (nSPS) is 12.4. The Labute approximate surface area is 102 Å².